The first kappa shape index (κ1) is 15.6. The van der Waals surface area contributed by atoms with E-state index >= 15 is 0 Å². The van der Waals surface area contributed by atoms with Gasteiger partial charge in [0.15, 0.2) is 0 Å². The largest absolute Gasteiger partial charge is 0.481 e. The van der Waals surface area contributed by atoms with Crippen molar-refractivity contribution in [1.82, 2.24) is 15.1 Å². The number of urea groups is 1. The molecular weight excluding hydrogens is 278 g/mol. The van der Waals surface area contributed by atoms with Crippen molar-refractivity contribution in [2.24, 2.45) is 0 Å². The third-order valence-electron chi connectivity index (χ3n) is 4.10. The van der Waals surface area contributed by atoms with E-state index in [1.165, 1.54) is 6.42 Å². The Bertz CT molecular complexity index is 428. The summed E-state index contributed by atoms with van der Waals surface area (Å²) in [6.45, 7) is 2.96. The van der Waals surface area contributed by atoms with Crippen molar-refractivity contribution in [2.75, 3.05) is 26.2 Å². The van der Waals surface area contributed by atoms with Gasteiger partial charge in [-0.15, -0.1) is 0 Å². The van der Waals surface area contributed by atoms with Gasteiger partial charge < -0.3 is 20.4 Å². The number of piperidine rings is 1. The van der Waals surface area contributed by atoms with E-state index in [1.54, 1.807) is 4.90 Å². The molecule has 0 radical (unpaired) electrons. The van der Waals surface area contributed by atoms with Gasteiger partial charge in [-0.1, -0.05) is 6.42 Å². The topological polar surface area (TPSA) is 110 Å². The van der Waals surface area contributed by atoms with Gasteiger partial charge in [-0.25, -0.2) is 9.59 Å². The number of hydrogen-bond donors (Lipinski definition) is 3. The maximum atomic E-state index is 12.1. The van der Waals surface area contributed by atoms with Crippen LogP contribution in [0, 0.1) is 0 Å². The van der Waals surface area contributed by atoms with Crippen molar-refractivity contribution in [3.8, 4) is 0 Å². The lowest BCUT2D eigenvalue weighted by Gasteiger charge is -2.44. The van der Waals surface area contributed by atoms with Crippen LogP contribution < -0.4 is 5.32 Å². The number of nitrogens with one attached hydrogen (secondary N) is 1. The minimum absolute atomic E-state index is 0.334. The molecule has 0 aromatic heterocycles. The van der Waals surface area contributed by atoms with Crippen LogP contribution in [0.15, 0.2) is 0 Å². The highest BCUT2D eigenvalue weighted by Crippen LogP contribution is 2.21. The molecule has 0 saturated carbocycles. The van der Waals surface area contributed by atoms with Crippen LogP contribution in [0.1, 0.15) is 25.7 Å². The highest BCUT2D eigenvalue weighted by molar-refractivity contribution is 5.86. The second-order valence-electron chi connectivity index (χ2n) is 5.57. The third kappa shape index (κ3) is 4.07. The molecule has 0 aromatic rings. The van der Waals surface area contributed by atoms with E-state index in [9.17, 15) is 14.4 Å². The molecule has 0 aromatic carbocycles. The Morgan fingerprint density at radius 1 is 1.14 bits per heavy atom. The molecule has 2 aliphatic rings. The van der Waals surface area contributed by atoms with Crippen LogP contribution in [-0.2, 0) is 9.59 Å². The highest BCUT2D eigenvalue weighted by atomic mass is 16.4. The van der Waals surface area contributed by atoms with Crippen LogP contribution in [-0.4, -0.2) is 76.2 Å². The summed E-state index contributed by atoms with van der Waals surface area (Å²) in [5, 5.41) is 19.9. The molecule has 2 heterocycles. The van der Waals surface area contributed by atoms with Crippen molar-refractivity contribution < 1.29 is 24.6 Å². The summed E-state index contributed by atoms with van der Waals surface area (Å²) in [4.78, 5) is 37.7. The van der Waals surface area contributed by atoms with Gasteiger partial charge in [-0.05, 0) is 19.4 Å². The van der Waals surface area contributed by atoms with Crippen LogP contribution in [0.3, 0.4) is 0 Å². The maximum absolute atomic E-state index is 12.1. The molecule has 21 heavy (non-hydrogen) atoms. The van der Waals surface area contributed by atoms with E-state index in [0.29, 0.717) is 19.1 Å². The summed E-state index contributed by atoms with van der Waals surface area (Å²) >= 11 is 0. The molecule has 2 atom stereocenters. The zero-order valence-electron chi connectivity index (χ0n) is 11.8. The quantitative estimate of drug-likeness (QED) is 0.663. The first-order valence-electron chi connectivity index (χ1n) is 7.21. The van der Waals surface area contributed by atoms with Crippen LogP contribution in [0.2, 0.25) is 0 Å². The molecule has 2 unspecified atom stereocenters. The molecule has 8 heteroatoms. The Hall–Kier alpha value is -1.83. The zero-order chi connectivity index (χ0) is 15.4. The number of carbonyl (C=O) groups excluding carboxylic acids is 1. The molecule has 2 fully saturated rings. The number of aliphatic carboxylic acids is 2. The van der Waals surface area contributed by atoms with E-state index in [2.05, 4.69) is 10.2 Å². The average Bonchev–Trinajstić information content (AvgIpc) is 2.45. The lowest BCUT2D eigenvalue weighted by molar-refractivity contribution is -0.145. The fourth-order valence-corrected chi connectivity index (χ4v) is 2.96. The third-order valence-corrected chi connectivity index (χ3v) is 4.10. The van der Waals surface area contributed by atoms with Gasteiger partial charge in [0.25, 0.3) is 0 Å². The Morgan fingerprint density at radius 2 is 1.90 bits per heavy atom. The predicted octanol–water partition coefficient (Wildman–Crippen LogP) is -0.206. The molecule has 2 saturated heterocycles. The van der Waals surface area contributed by atoms with Crippen molar-refractivity contribution in [2.45, 2.75) is 37.8 Å². The summed E-state index contributed by atoms with van der Waals surface area (Å²) in [5.41, 5.74) is 0. The number of carboxylic acids is 2. The van der Waals surface area contributed by atoms with Crippen molar-refractivity contribution in [3.05, 3.63) is 0 Å². The number of nitrogens with zero attached hydrogens (tertiary/aromatic N) is 2. The predicted molar refractivity (Wildman–Crippen MR) is 73.0 cm³/mol. The average molecular weight is 299 g/mol. The molecule has 118 valence electrons. The minimum atomic E-state index is -1.39. The Labute approximate surface area is 122 Å². The van der Waals surface area contributed by atoms with Gasteiger partial charge in [0.05, 0.1) is 6.42 Å². The van der Waals surface area contributed by atoms with Crippen LogP contribution in [0.25, 0.3) is 0 Å². The van der Waals surface area contributed by atoms with Gasteiger partial charge in [0, 0.05) is 25.7 Å². The van der Waals surface area contributed by atoms with Crippen LogP contribution in [0.5, 0.6) is 0 Å². The summed E-state index contributed by atoms with van der Waals surface area (Å²) < 4.78 is 0. The van der Waals surface area contributed by atoms with E-state index in [1.807, 2.05) is 0 Å². The standard InChI is InChI=1S/C13H21N3O5/c17-11(18)7-10(12(19)20)14-13(21)16-6-5-15-4-2-1-3-9(15)8-16/h9-10H,1-8H2,(H,14,21)(H,17,18)(H,19,20). The van der Waals surface area contributed by atoms with E-state index in [4.69, 9.17) is 10.2 Å². The SMILES string of the molecule is O=C(O)CC(NC(=O)N1CCN2CCCCC2C1)C(=O)O. The fraction of sp³-hybridized carbons (Fsp3) is 0.769. The maximum Gasteiger partial charge on any atom is 0.326 e. The molecule has 8 nitrogen and oxygen atoms in total. The molecule has 0 spiro atoms. The van der Waals surface area contributed by atoms with Crippen LogP contribution >= 0.6 is 0 Å². The van der Waals surface area contributed by atoms with E-state index in [0.717, 1.165) is 25.9 Å². The van der Waals surface area contributed by atoms with Crippen molar-refractivity contribution in [3.63, 3.8) is 0 Å². The summed E-state index contributed by atoms with van der Waals surface area (Å²) in [6, 6.07) is -1.55. The van der Waals surface area contributed by atoms with Crippen LogP contribution in [0.4, 0.5) is 4.79 Å². The Balaban J connectivity index is 1.90. The summed E-state index contributed by atoms with van der Waals surface area (Å²) in [5.74, 6) is -2.58. The van der Waals surface area contributed by atoms with E-state index < -0.39 is 30.4 Å². The normalized spacial score (nSPS) is 24.0. The smallest absolute Gasteiger partial charge is 0.326 e. The number of hydrogen-bond acceptors (Lipinski definition) is 4. The number of rotatable bonds is 4. The van der Waals surface area contributed by atoms with Gasteiger partial charge in [0.1, 0.15) is 6.04 Å². The molecule has 2 rings (SSSR count). The first-order chi connectivity index (χ1) is 9.97. The fourth-order valence-electron chi connectivity index (χ4n) is 2.96. The monoisotopic (exact) mass is 299 g/mol. The minimum Gasteiger partial charge on any atom is -0.481 e. The number of carbonyl (C=O) groups is 3. The van der Waals surface area contributed by atoms with Gasteiger partial charge >= 0.3 is 18.0 Å². The summed E-state index contributed by atoms with van der Waals surface area (Å²) in [7, 11) is 0. The summed E-state index contributed by atoms with van der Waals surface area (Å²) in [6.07, 6.45) is 2.75. The number of piperazine rings is 1. The Morgan fingerprint density at radius 3 is 2.57 bits per heavy atom. The number of amides is 2. The van der Waals surface area contributed by atoms with Crippen molar-refractivity contribution >= 4 is 18.0 Å². The number of carboxylic acid groups (broad SMARTS) is 2. The first-order valence-corrected chi connectivity index (χ1v) is 7.21. The lowest BCUT2D eigenvalue weighted by Crippen LogP contribution is -2.59. The lowest BCUT2D eigenvalue weighted by atomic mass is 10.00. The van der Waals surface area contributed by atoms with Gasteiger partial charge in [-0.2, -0.15) is 0 Å². The molecule has 2 amide bonds. The highest BCUT2D eigenvalue weighted by Gasteiger charge is 2.32. The van der Waals surface area contributed by atoms with Gasteiger partial charge in [0.2, 0.25) is 0 Å². The zero-order valence-corrected chi connectivity index (χ0v) is 11.8. The molecule has 0 bridgehead atoms. The second-order valence-corrected chi connectivity index (χ2v) is 5.57. The second kappa shape index (κ2) is 6.75. The number of fused-ring (bicyclic) bond motifs is 1. The van der Waals surface area contributed by atoms with Crippen molar-refractivity contribution in [1.29, 1.82) is 0 Å². The van der Waals surface area contributed by atoms with Gasteiger partial charge in [-0.3, -0.25) is 9.69 Å². The molecular formula is C13H21N3O5. The molecule has 3 N–H and O–H groups in total. The Kier molecular flexibility index (Phi) is 5.00. The van der Waals surface area contributed by atoms with E-state index in [-0.39, 0.29) is 0 Å². The molecule has 0 aliphatic carbocycles. The molecule has 2 aliphatic heterocycles.